The zero-order chi connectivity index (χ0) is 9.10. The lowest BCUT2D eigenvalue weighted by atomic mass is 10.2. The Morgan fingerprint density at radius 1 is 1.69 bits per heavy atom. The quantitative estimate of drug-likeness (QED) is 0.744. The van der Waals surface area contributed by atoms with Crippen molar-refractivity contribution < 1.29 is 4.74 Å². The van der Waals surface area contributed by atoms with Gasteiger partial charge in [-0.15, -0.1) is 5.10 Å². The summed E-state index contributed by atoms with van der Waals surface area (Å²) in [6, 6.07) is 0. The number of rotatable bonds is 3. The summed E-state index contributed by atoms with van der Waals surface area (Å²) in [6.45, 7) is 3.73. The van der Waals surface area contributed by atoms with Gasteiger partial charge in [-0.2, -0.15) is 0 Å². The van der Waals surface area contributed by atoms with Crippen LogP contribution in [0.15, 0.2) is 5.16 Å². The van der Waals surface area contributed by atoms with Crippen molar-refractivity contribution >= 4 is 11.8 Å². The predicted molar refractivity (Wildman–Crippen MR) is 50.8 cm³/mol. The second-order valence-corrected chi connectivity index (χ2v) is 4.23. The van der Waals surface area contributed by atoms with Crippen LogP contribution in [0.3, 0.4) is 0 Å². The first kappa shape index (κ1) is 9.02. The monoisotopic (exact) mass is 199 g/mol. The molecule has 1 saturated heterocycles. The van der Waals surface area contributed by atoms with E-state index in [1.54, 1.807) is 11.8 Å². The summed E-state index contributed by atoms with van der Waals surface area (Å²) in [5, 5.41) is 7.74. The Hall–Kier alpha value is -0.550. The maximum absolute atomic E-state index is 5.29. The van der Waals surface area contributed by atoms with E-state index >= 15 is 0 Å². The second kappa shape index (κ2) is 4.11. The van der Waals surface area contributed by atoms with Crippen LogP contribution in [-0.2, 0) is 4.74 Å². The van der Waals surface area contributed by atoms with Gasteiger partial charge in [-0.3, -0.25) is 5.10 Å². The lowest BCUT2D eigenvalue weighted by molar-refractivity contribution is 0.189. The number of nitrogens with one attached hydrogen (secondary N) is 1. The number of aromatic nitrogens is 3. The van der Waals surface area contributed by atoms with Gasteiger partial charge in [0, 0.05) is 12.4 Å². The van der Waals surface area contributed by atoms with Gasteiger partial charge in [-0.05, 0) is 19.3 Å². The molecule has 1 fully saturated rings. The number of aromatic amines is 1. The highest BCUT2D eigenvalue weighted by Crippen LogP contribution is 2.21. The van der Waals surface area contributed by atoms with Gasteiger partial charge in [0.15, 0.2) is 0 Å². The lowest BCUT2D eigenvalue weighted by Gasteiger charge is -2.02. The molecule has 1 aliphatic heterocycles. The maximum Gasteiger partial charge on any atom is 0.208 e. The van der Waals surface area contributed by atoms with E-state index in [0.29, 0.717) is 5.92 Å². The molecule has 0 aromatic carbocycles. The standard InChI is InChI=1S/C8H13N3OS/c1-6-9-8(11-10-6)13-5-7-2-3-12-4-7/h7H,2-5H2,1H3,(H,9,10,11). The number of hydrogen-bond acceptors (Lipinski definition) is 4. The lowest BCUT2D eigenvalue weighted by Crippen LogP contribution is -2.02. The summed E-state index contributed by atoms with van der Waals surface area (Å²) in [5.74, 6) is 2.63. The number of nitrogens with zero attached hydrogens (tertiary/aromatic N) is 2. The Kier molecular flexibility index (Phi) is 2.85. The van der Waals surface area contributed by atoms with Gasteiger partial charge in [0.2, 0.25) is 5.16 Å². The molecule has 0 amide bonds. The van der Waals surface area contributed by atoms with Crippen molar-refractivity contribution in [3.05, 3.63) is 5.82 Å². The Morgan fingerprint density at radius 3 is 3.23 bits per heavy atom. The smallest absolute Gasteiger partial charge is 0.208 e. The van der Waals surface area contributed by atoms with Gasteiger partial charge in [0.25, 0.3) is 0 Å². The fourth-order valence-corrected chi connectivity index (χ4v) is 2.25. The first-order valence-electron chi connectivity index (χ1n) is 4.44. The highest BCUT2D eigenvalue weighted by molar-refractivity contribution is 7.99. The van der Waals surface area contributed by atoms with Gasteiger partial charge in [0.1, 0.15) is 5.82 Å². The van der Waals surface area contributed by atoms with Gasteiger partial charge in [-0.1, -0.05) is 11.8 Å². The molecule has 5 heteroatoms. The van der Waals surface area contributed by atoms with Crippen molar-refractivity contribution in [2.45, 2.75) is 18.5 Å². The predicted octanol–water partition coefficient (Wildman–Crippen LogP) is 1.24. The molecule has 0 saturated carbocycles. The molecular weight excluding hydrogens is 186 g/mol. The number of ether oxygens (including phenoxy) is 1. The molecule has 0 aliphatic carbocycles. The first-order valence-corrected chi connectivity index (χ1v) is 5.42. The maximum atomic E-state index is 5.29. The van der Waals surface area contributed by atoms with Crippen LogP contribution in [0.25, 0.3) is 0 Å². The van der Waals surface area contributed by atoms with Crippen LogP contribution in [-0.4, -0.2) is 34.1 Å². The van der Waals surface area contributed by atoms with Gasteiger partial charge in [0.05, 0.1) is 6.61 Å². The van der Waals surface area contributed by atoms with Crippen LogP contribution >= 0.6 is 11.8 Å². The fourth-order valence-electron chi connectivity index (χ4n) is 1.29. The molecule has 2 rings (SSSR count). The third kappa shape index (κ3) is 2.45. The van der Waals surface area contributed by atoms with Gasteiger partial charge < -0.3 is 4.74 Å². The molecule has 0 bridgehead atoms. The third-order valence-corrected chi connectivity index (χ3v) is 3.13. The van der Waals surface area contributed by atoms with E-state index in [4.69, 9.17) is 4.74 Å². The van der Waals surface area contributed by atoms with E-state index < -0.39 is 0 Å². The van der Waals surface area contributed by atoms with Crippen LogP contribution in [0.2, 0.25) is 0 Å². The summed E-state index contributed by atoms with van der Waals surface area (Å²) in [4.78, 5) is 4.23. The number of thioether (sulfide) groups is 1. The average molecular weight is 199 g/mol. The van der Waals surface area contributed by atoms with Crippen molar-refractivity contribution in [2.24, 2.45) is 5.92 Å². The summed E-state index contributed by atoms with van der Waals surface area (Å²) < 4.78 is 5.29. The largest absolute Gasteiger partial charge is 0.381 e. The second-order valence-electron chi connectivity index (χ2n) is 3.24. The average Bonchev–Trinajstić information content (AvgIpc) is 2.71. The third-order valence-electron chi connectivity index (χ3n) is 2.05. The summed E-state index contributed by atoms with van der Waals surface area (Å²) in [6.07, 6.45) is 1.18. The SMILES string of the molecule is Cc1nc(SCC2CCOC2)n[nH]1. The minimum absolute atomic E-state index is 0.684. The Bertz CT molecular complexity index is 270. The highest BCUT2D eigenvalue weighted by atomic mass is 32.2. The van der Waals surface area contributed by atoms with E-state index in [9.17, 15) is 0 Å². The molecule has 1 atom stereocenters. The molecule has 1 unspecified atom stereocenters. The van der Waals surface area contributed by atoms with Crippen molar-refractivity contribution in [1.29, 1.82) is 0 Å². The van der Waals surface area contributed by atoms with E-state index in [2.05, 4.69) is 15.2 Å². The van der Waals surface area contributed by atoms with Gasteiger partial charge >= 0.3 is 0 Å². The fraction of sp³-hybridized carbons (Fsp3) is 0.750. The van der Waals surface area contributed by atoms with Crippen LogP contribution in [0.1, 0.15) is 12.2 Å². The molecule has 4 nitrogen and oxygen atoms in total. The molecule has 1 N–H and O–H groups in total. The van der Waals surface area contributed by atoms with Crippen LogP contribution in [0.5, 0.6) is 0 Å². The van der Waals surface area contributed by atoms with E-state index in [1.807, 2.05) is 6.92 Å². The van der Waals surface area contributed by atoms with E-state index in [1.165, 1.54) is 6.42 Å². The number of aryl methyl sites for hydroxylation is 1. The molecular formula is C8H13N3OS. The molecule has 13 heavy (non-hydrogen) atoms. The first-order chi connectivity index (χ1) is 6.34. The van der Waals surface area contributed by atoms with Crippen molar-refractivity contribution in [2.75, 3.05) is 19.0 Å². The summed E-state index contributed by atoms with van der Waals surface area (Å²) in [5.41, 5.74) is 0. The number of H-pyrrole nitrogens is 1. The minimum Gasteiger partial charge on any atom is -0.381 e. The van der Waals surface area contributed by atoms with Crippen LogP contribution in [0.4, 0.5) is 0 Å². The van der Waals surface area contributed by atoms with E-state index in [0.717, 1.165) is 29.9 Å². The van der Waals surface area contributed by atoms with Crippen molar-refractivity contribution in [3.63, 3.8) is 0 Å². The molecule has 1 aromatic heterocycles. The molecule has 1 aliphatic rings. The molecule has 0 spiro atoms. The highest BCUT2D eigenvalue weighted by Gasteiger charge is 2.16. The summed E-state index contributed by atoms with van der Waals surface area (Å²) in [7, 11) is 0. The van der Waals surface area contributed by atoms with Crippen molar-refractivity contribution in [3.8, 4) is 0 Å². The topological polar surface area (TPSA) is 50.8 Å². The van der Waals surface area contributed by atoms with E-state index in [-0.39, 0.29) is 0 Å². The van der Waals surface area contributed by atoms with Crippen molar-refractivity contribution in [1.82, 2.24) is 15.2 Å². The molecule has 72 valence electrons. The molecule has 0 radical (unpaired) electrons. The van der Waals surface area contributed by atoms with Crippen LogP contribution < -0.4 is 0 Å². The molecule has 1 aromatic rings. The zero-order valence-electron chi connectivity index (χ0n) is 7.62. The van der Waals surface area contributed by atoms with Crippen LogP contribution in [0, 0.1) is 12.8 Å². The van der Waals surface area contributed by atoms with Gasteiger partial charge in [-0.25, -0.2) is 4.98 Å². The Labute approximate surface area is 81.5 Å². The minimum atomic E-state index is 0.684. The molecule has 2 heterocycles. The number of hydrogen-bond donors (Lipinski definition) is 1. The normalized spacial score (nSPS) is 22.4. The summed E-state index contributed by atoms with van der Waals surface area (Å²) >= 11 is 1.71. The zero-order valence-corrected chi connectivity index (χ0v) is 8.43. The Morgan fingerprint density at radius 2 is 2.62 bits per heavy atom. The Balaban J connectivity index is 1.78.